The van der Waals surface area contributed by atoms with Crippen LogP contribution in [0.25, 0.3) is 0 Å². The number of amides is 3. The Kier molecular flexibility index (Phi) is 7.38. The Morgan fingerprint density at radius 2 is 1.74 bits per heavy atom. The summed E-state index contributed by atoms with van der Waals surface area (Å²) < 4.78 is 5.23. The van der Waals surface area contributed by atoms with Crippen molar-refractivity contribution >= 4 is 41.3 Å². The molecular weight excluding hydrogens is 340 g/mol. The lowest BCUT2D eigenvalue weighted by Gasteiger charge is -2.21. The zero-order valence-electron chi connectivity index (χ0n) is 13.0. The topological polar surface area (TPSA) is 98.5 Å². The lowest BCUT2D eigenvalue weighted by Crippen LogP contribution is -2.46. The monoisotopic (exact) mass is 358 g/mol. The van der Waals surface area contributed by atoms with Gasteiger partial charge in [-0.2, -0.15) is 0 Å². The SMILES string of the molecule is CC(C)[C@@H](OC(=O)[C@H](C)Sc1ccc(Cl)cc1)C(=O)NC(N)=O. The number of rotatable bonds is 6. The van der Waals surface area contributed by atoms with E-state index in [1.807, 2.05) is 5.32 Å². The first-order chi connectivity index (χ1) is 10.7. The number of urea groups is 1. The summed E-state index contributed by atoms with van der Waals surface area (Å²) in [4.78, 5) is 35.6. The summed E-state index contributed by atoms with van der Waals surface area (Å²) in [6, 6.07) is 6.03. The molecule has 1 aromatic rings. The van der Waals surface area contributed by atoms with Crippen LogP contribution in [-0.4, -0.2) is 29.3 Å². The molecule has 0 heterocycles. The maximum Gasteiger partial charge on any atom is 0.319 e. The minimum absolute atomic E-state index is 0.300. The largest absolute Gasteiger partial charge is 0.451 e. The molecule has 3 amide bonds. The van der Waals surface area contributed by atoms with Crippen LogP contribution in [0.2, 0.25) is 5.02 Å². The van der Waals surface area contributed by atoms with Gasteiger partial charge in [-0.25, -0.2) is 4.79 Å². The summed E-state index contributed by atoms with van der Waals surface area (Å²) >= 11 is 7.09. The predicted molar refractivity (Wildman–Crippen MR) is 89.2 cm³/mol. The highest BCUT2D eigenvalue weighted by Crippen LogP contribution is 2.26. The van der Waals surface area contributed by atoms with Crippen LogP contribution in [0.5, 0.6) is 0 Å². The third-order valence-corrected chi connectivity index (χ3v) is 4.15. The second kappa shape index (κ2) is 8.79. The van der Waals surface area contributed by atoms with Crippen LogP contribution in [0.4, 0.5) is 4.79 Å². The molecular formula is C15H19ClN2O4S. The van der Waals surface area contributed by atoms with Crippen LogP contribution in [0.3, 0.4) is 0 Å². The molecule has 0 fully saturated rings. The summed E-state index contributed by atoms with van der Waals surface area (Å²) in [5.41, 5.74) is 4.91. The Labute approximate surface area is 144 Å². The number of nitrogens with one attached hydrogen (secondary N) is 1. The van der Waals surface area contributed by atoms with Gasteiger partial charge in [-0.05, 0) is 37.1 Å². The Hall–Kier alpha value is -1.73. The summed E-state index contributed by atoms with van der Waals surface area (Å²) in [6.45, 7) is 5.08. The molecule has 1 rings (SSSR count). The zero-order chi connectivity index (χ0) is 17.6. The molecule has 0 unspecified atom stereocenters. The third kappa shape index (κ3) is 6.50. The molecule has 2 atom stereocenters. The number of carbonyl (C=O) groups is 3. The molecule has 0 aliphatic rings. The molecule has 0 aliphatic carbocycles. The van der Waals surface area contributed by atoms with Crippen LogP contribution in [0, 0.1) is 5.92 Å². The molecule has 23 heavy (non-hydrogen) atoms. The Balaban J connectivity index is 2.68. The Morgan fingerprint density at radius 3 is 2.22 bits per heavy atom. The van der Waals surface area contributed by atoms with Crippen molar-refractivity contribution in [3.63, 3.8) is 0 Å². The van der Waals surface area contributed by atoms with E-state index in [2.05, 4.69) is 0 Å². The van der Waals surface area contributed by atoms with Gasteiger partial charge < -0.3 is 10.5 Å². The van der Waals surface area contributed by atoms with Crippen molar-refractivity contribution in [2.75, 3.05) is 0 Å². The van der Waals surface area contributed by atoms with E-state index in [0.717, 1.165) is 4.90 Å². The number of carbonyl (C=O) groups excluding carboxylic acids is 3. The smallest absolute Gasteiger partial charge is 0.319 e. The van der Waals surface area contributed by atoms with Crippen molar-refractivity contribution < 1.29 is 19.1 Å². The maximum absolute atomic E-state index is 12.2. The number of esters is 1. The van der Waals surface area contributed by atoms with Gasteiger partial charge >= 0.3 is 12.0 Å². The predicted octanol–water partition coefficient (Wildman–Crippen LogP) is 2.58. The lowest BCUT2D eigenvalue weighted by atomic mass is 10.1. The molecule has 6 nitrogen and oxygen atoms in total. The number of ether oxygens (including phenoxy) is 1. The summed E-state index contributed by atoms with van der Waals surface area (Å²) in [5.74, 6) is -1.58. The van der Waals surface area contributed by atoms with E-state index in [0.29, 0.717) is 5.02 Å². The molecule has 126 valence electrons. The standard InChI is InChI=1S/C15H19ClN2O4S/c1-8(2)12(13(19)18-15(17)21)22-14(20)9(3)23-11-6-4-10(16)5-7-11/h4-9,12H,1-3H3,(H3,17,18,19,21)/t9-,12+/m0/s1. The number of benzene rings is 1. The van der Waals surface area contributed by atoms with Crippen molar-refractivity contribution in [3.8, 4) is 0 Å². The lowest BCUT2D eigenvalue weighted by molar-refractivity contribution is -0.157. The number of primary amides is 1. The molecule has 3 N–H and O–H groups in total. The maximum atomic E-state index is 12.2. The van der Waals surface area contributed by atoms with E-state index in [1.165, 1.54) is 11.8 Å². The van der Waals surface area contributed by atoms with Gasteiger partial charge in [0.2, 0.25) is 0 Å². The van der Waals surface area contributed by atoms with Crippen molar-refractivity contribution in [3.05, 3.63) is 29.3 Å². The number of halogens is 1. The number of thioether (sulfide) groups is 1. The minimum Gasteiger partial charge on any atom is -0.451 e. The van der Waals surface area contributed by atoms with Crippen LogP contribution in [-0.2, 0) is 14.3 Å². The van der Waals surface area contributed by atoms with E-state index in [9.17, 15) is 14.4 Å². The Bertz CT molecular complexity index is 577. The van der Waals surface area contributed by atoms with E-state index in [-0.39, 0.29) is 5.92 Å². The van der Waals surface area contributed by atoms with Crippen molar-refractivity contribution in [1.29, 1.82) is 0 Å². The number of hydrogen-bond acceptors (Lipinski definition) is 5. The van der Waals surface area contributed by atoms with Gasteiger partial charge in [-0.15, -0.1) is 11.8 Å². The van der Waals surface area contributed by atoms with Gasteiger partial charge in [-0.1, -0.05) is 25.4 Å². The van der Waals surface area contributed by atoms with E-state index < -0.39 is 29.3 Å². The van der Waals surface area contributed by atoms with E-state index >= 15 is 0 Å². The number of hydrogen-bond donors (Lipinski definition) is 2. The van der Waals surface area contributed by atoms with Gasteiger partial charge in [0, 0.05) is 9.92 Å². The molecule has 0 bridgehead atoms. The normalized spacial score (nSPS) is 13.3. The fraction of sp³-hybridized carbons (Fsp3) is 0.400. The molecule has 0 radical (unpaired) electrons. The van der Waals surface area contributed by atoms with Crippen molar-refractivity contribution in [2.45, 2.75) is 37.0 Å². The first-order valence-electron chi connectivity index (χ1n) is 6.93. The molecule has 1 aromatic carbocycles. The quantitative estimate of drug-likeness (QED) is 0.601. The van der Waals surface area contributed by atoms with Crippen LogP contribution in [0.15, 0.2) is 29.2 Å². The molecule has 8 heteroatoms. The first-order valence-corrected chi connectivity index (χ1v) is 8.19. The average Bonchev–Trinajstić information content (AvgIpc) is 2.45. The third-order valence-electron chi connectivity index (χ3n) is 2.81. The first kappa shape index (κ1) is 19.3. The summed E-state index contributed by atoms with van der Waals surface area (Å²) in [5, 5.41) is 2.00. The Morgan fingerprint density at radius 1 is 1.17 bits per heavy atom. The van der Waals surface area contributed by atoms with E-state index in [1.54, 1.807) is 45.0 Å². The fourth-order valence-electron chi connectivity index (χ4n) is 1.67. The van der Waals surface area contributed by atoms with Crippen LogP contribution < -0.4 is 11.1 Å². The number of nitrogens with two attached hydrogens (primary N) is 1. The molecule has 0 saturated carbocycles. The molecule has 0 saturated heterocycles. The summed E-state index contributed by atoms with van der Waals surface area (Å²) in [7, 11) is 0. The average molecular weight is 359 g/mol. The highest BCUT2D eigenvalue weighted by Gasteiger charge is 2.29. The van der Waals surface area contributed by atoms with Gasteiger partial charge in [0.15, 0.2) is 6.10 Å². The molecule has 0 spiro atoms. The van der Waals surface area contributed by atoms with E-state index in [4.69, 9.17) is 22.1 Å². The second-order valence-corrected chi connectivity index (χ2v) is 7.02. The second-order valence-electron chi connectivity index (χ2n) is 5.17. The number of imide groups is 1. The van der Waals surface area contributed by atoms with Crippen LogP contribution in [0.1, 0.15) is 20.8 Å². The summed E-state index contributed by atoms with van der Waals surface area (Å²) in [6.07, 6.45) is -1.08. The van der Waals surface area contributed by atoms with Crippen molar-refractivity contribution in [1.82, 2.24) is 5.32 Å². The highest BCUT2D eigenvalue weighted by molar-refractivity contribution is 8.00. The van der Waals surface area contributed by atoms with Gasteiger partial charge in [0.1, 0.15) is 5.25 Å². The molecule has 0 aliphatic heterocycles. The van der Waals surface area contributed by atoms with Crippen molar-refractivity contribution in [2.24, 2.45) is 11.7 Å². The molecule has 0 aromatic heterocycles. The van der Waals surface area contributed by atoms with Crippen LogP contribution >= 0.6 is 23.4 Å². The fourth-order valence-corrected chi connectivity index (χ4v) is 2.65. The van der Waals surface area contributed by atoms with Gasteiger partial charge in [0.25, 0.3) is 5.91 Å². The minimum atomic E-state index is -1.08. The van der Waals surface area contributed by atoms with Gasteiger partial charge in [0.05, 0.1) is 0 Å². The highest BCUT2D eigenvalue weighted by atomic mass is 35.5. The zero-order valence-corrected chi connectivity index (χ0v) is 14.6. The van der Waals surface area contributed by atoms with Gasteiger partial charge in [-0.3, -0.25) is 14.9 Å².